The first-order valence-corrected chi connectivity index (χ1v) is 7.32. The van der Waals surface area contributed by atoms with Crippen molar-refractivity contribution < 1.29 is 14.3 Å². The van der Waals surface area contributed by atoms with Gasteiger partial charge in [-0.15, -0.1) is 0 Å². The Morgan fingerprint density at radius 3 is 2.84 bits per heavy atom. The van der Waals surface area contributed by atoms with E-state index in [-0.39, 0.29) is 5.97 Å². The van der Waals surface area contributed by atoms with Crippen LogP contribution >= 0.6 is 0 Å². The van der Waals surface area contributed by atoms with Crippen molar-refractivity contribution in [2.45, 2.75) is 51.2 Å². The second-order valence-corrected chi connectivity index (χ2v) is 5.87. The number of hydrogen-bond donors (Lipinski definition) is 1. The third-order valence-corrected chi connectivity index (χ3v) is 3.85. The molecule has 0 amide bonds. The van der Waals surface area contributed by atoms with Crippen LogP contribution in [0.5, 0.6) is 0 Å². The Balaban J connectivity index is 2.00. The molecule has 2 fully saturated rings. The highest BCUT2D eigenvalue weighted by Gasteiger charge is 2.42. The fraction of sp³-hybridized carbons (Fsp3) is 0.929. The molecule has 110 valence electrons. The molecular formula is C14H26N2O3. The number of esters is 1. The minimum Gasteiger partial charge on any atom is -0.465 e. The number of hydrogen-bond acceptors (Lipinski definition) is 5. The molecule has 0 aromatic rings. The maximum absolute atomic E-state index is 12.3. The summed E-state index contributed by atoms with van der Waals surface area (Å²) >= 11 is 0. The summed E-state index contributed by atoms with van der Waals surface area (Å²) in [5.74, 6) is -0.138. The van der Waals surface area contributed by atoms with E-state index in [1.807, 2.05) is 13.8 Å². The van der Waals surface area contributed by atoms with Crippen molar-refractivity contribution in [3.8, 4) is 0 Å². The van der Waals surface area contributed by atoms with E-state index >= 15 is 0 Å². The van der Waals surface area contributed by atoms with Crippen LogP contribution in [-0.4, -0.2) is 61.4 Å². The molecule has 2 aliphatic rings. The van der Waals surface area contributed by atoms with E-state index in [4.69, 9.17) is 9.47 Å². The lowest BCUT2D eigenvalue weighted by molar-refractivity contribution is -0.152. The molecule has 0 aromatic heterocycles. The van der Waals surface area contributed by atoms with Crippen molar-refractivity contribution in [3.05, 3.63) is 0 Å². The number of nitrogens with one attached hydrogen (secondary N) is 1. The minimum absolute atomic E-state index is 0.138. The quantitative estimate of drug-likeness (QED) is 0.723. The van der Waals surface area contributed by atoms with Crippen molar-refractivity contribution in [3.63, 3.8) is 0 Å². The van der Waals surface area contributed by atoms with Crippen LogP contribution in [0.1, 0.15) is 33.6 Å². The van der Waals surface area contributed by atoms with E-state index in [0.717, 1.165) is 32.6 Å². The molecule has 1 saturated carbocycles. The Morgan fingerprint density at radius 2 is 2.26 bits per heavy atom. The molecule has 0 aromatic carbocycles. The Hall–Kier alpha value is -0.650. The Bertz CT molecular complexity index is 320. The van der Waals surface area contributed by atoms with Gasteiger partial charge in [0.25, 0.3) is 0 Å². The Morgan fingerprint density at radius 1 is 1.53 bits per heavy atom. The van der Waals surface area contributed by atoms with Gasteiger partial charge < -0.3 is 9.47 Å². The van der Waals surface area contributed by atoms with E-state index in [1.54, 1.807) is 0 Å². The molecule has 1 N–H and O–H groups in total. The third kappa shape index (κ3) is 3.91. The first-order chi connectivity index (χ1) is 9.05. The maximum atomic E-state index is 12.3. The van der Waals surface area contributed by atoms with Gasteiger partial charge in [0.1, 0.15) is 5.54 Å². The van der Waals surface area contributed by atoms with Crippen molar-refractivity contribution in [2.24, 2.45) is 0 Å². The van der Waals surface area contributed by atoms with Gasteiger partial charge in [0.05, 0.1) is 19.8 Å². The summed E-state index contributed by atoms with van der Waals surface area (Å²) in [6.45, 7) is 9.43. The lowest BCUT2D eigenvalue weighted by Crippen LogP contribution is -2.61. The van der Waals surface area contributed by atoms with Crippen LogP contribution in [0.2, 0.25) is 0 Å². The molecule has 2 atom stereocenters. The van der Waals surface area contributed by atoms with Gasteiger partial charge in [0.2, 0.25) is 0 Å². The normalized spacial score (nSPS) is 27.8. The number of carbonyl (C=O) groups is 1. The smallest absolute Gasteiger partial charge is 0.327 e. The van der Waals surface area contributed by atoms with Gasteiger partial charge >= 0.3 is 5.97 Å². The Kier molecular flexibility index (Phi) is 4.81. The fourth-order valence-corrected chi connectivity index (χ4v) is 2.54. The van der Waals surface area contributed by atoms with Gasteiger partial charge in [0, 0.05) is 25.2 Å². The standard InChI is InChI=1S/C14H26N2O3/c1-4-19-13(17)14(3,15-12-5-6-12)10-16-7-8-18-9-11(16)2/h11-12,15H,4-10H2,1-3H3. The molecule has 19 heavy (non-hydrogen) atoms. The van der Waals surface area contributed by atoms with Crippen molar-refractivity contribution in [1.29, 1.82) is 0 Å². The monoisotopic (exact) mass is 270 g/mol. The molecule has 5 nitrogen and oxygen atoms in total. The average Bonchev–Trinajstić information content (AvgIpc) is 3.16. The van der Waals surface area contributed by atoms with Crippen LogP contribution in [0.4, 0.5) is 0 Å². The topological polar surface area (TPSA) is 50.8 Å². The molecule has 2 unspecified atom stereocenters. The molecule has 1 aliphatic heterocycles. The van der Waals surface area contributed by atoms with Gasteiger partial charge in [-0.3, -0.25) is 15.0 Å². The highest BCUT2D eigenvalue weighted by molar-refractivity contribution is 5.80. The third-order valence-electron chi connectivity index (χ3n) is 3.85. The van der Waals surface area contributed by atoms with E-state index in [0.29, 0.717) is 25.2 Å². The molecule has 1 saturated heterocycles. The minimum atomic E-state index is -0.608. The molecular weight excluding hydrogens is 244 g/mol. The second kappa shape index (κ2) is 6.20. The predicted molar refractivity (Wildman–Crippen MR) is 73.0 cm³/mol. The number of morpholine rings is 1. The fourth-order valence-electron chi connectivity index (χ4n) is 2.54. The largest absolute Gasteiger partial charge is 0.465 e. The van der Waals surface area contributed by atoms with Crippen LogP contribution in [0.3, 0.4) is 0 Å². The molecule has 0 radical (unpaired) electrons. The number of ether oxygens (including phenoxy) is 2. The van der Waals surface area contributed by atoms with E-state index < -0.39 is 5.54 Å². The van der Waals surface area contributed by atoms with E-state index in [2.05, 4.69) is 17.1 Å². The highest BCUT2D eigenvalue weighted by Crippen LogP contribution is 2.24. The number of nitrogens with zero attached hydrogens (tertiary/aromatic N) is 1. The number of carbonyl (C=O) groups excluding carboxylic acids is 1. The van der Waals surface area contributed by atoms with Gasteiger partial charge in [-0.2, -0.15) is 0 Å². The molecule has 5 heteroatoms. The lowest BCUT2D eigenvalue weighted by Gasteiger charge is -2.39. The van der Waals surface area contributed by atoms with E-state index in [1.165, 1.54) is 0 Å². The summed E-state index contributed by atoms with van der Waals surface area (Å²) in [4.78, 5) is 14.6. The van der Waals surface area contributed by atoms with Crippen molar-refractivity contribution in [1.82, 2.24) is 10.2 Å². The van der Waals surface area contributed by atoms with Crippen LogP contribution in [-0.2, 0) is 14.3 Å². The van der Waals surface area contributed by atoms with Crippen LogP contribution < -0.4 is 5.32 Å². The molecule has 1 aliphatic carbocycles. The summed E-state index contributed by atoms with van der Waals surface area (Å²) in [5, 5.41) is 3.46. The number of rotatable bonds is 6. The first-order valence-electron chi connectivity index (χ1n) is 7.32. The zero-order valence-corrected chi connectivity index (χ0v) is 12.3. The molecule has 0 spiro atoms. The summed E-state index contributed by atoms with van der Waals surface area (Å²) in [5.41, 5.74) is -0.608. The SMILES string of the molecule is CCOC(=O)C(C)(CN1CCOCC1C)NC1CC1. The average molecular weight is 270 g/mol. The van der Waals surface area contributed by atoms with Gasteiger partial charge in [0.15, 0.2) is 0 Å². The van der Waals surface area contributed by atoms with Gasteiger partial charge in [-0.1, -0.05) is 0 Å². The summed E-state index contributed by atoms with van der Waals surface area (Å²) in [6, 6.07) is 0.828. The van der Waals surface area contributed by atoms with Gasteiger partial charge in [-0.25, -0.2) is 0 Å². The molecule has 0 bridgehead atoms. The van der Waals surface area contributed by atoms with Crippen molar-refractivity contribution in [2.75, 3.05) is 32.9 Å². The lowest BCUT2D eigenvalue weighted by atomic mass is 10.00. The highest BCUT2D eigenvalue weighted by atomic mass is 16.5. The second-order valence-electron chi connectivity index (χ2n) is 5.87. The summed E-state index contributed by atoms with van der Waals surface area (Å²) in [7, 11) is 0. The molecule has 1 heterocycles. The van der Waals surface area contributed by atoms with E-state index in [9.17, 15) is 4.79 Å². The van der Waals surface area contributed by atoms with Gasteiger partial charge in [-0.05, 0) is 33.6 Å². The molecule has 2 rings (SSSR count). The first kappa shape index (κ1) is 14.8. The summed E-state index contributed by atoms with van der Waals surface area (Å²) in [6.07, 6.45) is 2.32. The predicted octanol–water partition coefficient (Wildman–Crippen LogP) is 0.781. The van der Waals surface area contributed by atoms with Crippen LogP contribution in [0, 0.1) is 0 Å². The summed E-state index contributed by atoms with van der Waals surface area (Å²) < 4.78 is 10.7. The van der Waals surface area contributed by atoms with Crippen molar-refractivity contribution >= 4 is 5.97 Å². The van der Waals surface area contributed by atoms with Crippen LogP contribution in [0.25, 0.3) is 0 Å². The van der Waals surface area contributed by atoms with Crippen LogP contribution in [0.15, 0.2) is 0 Å². The Labute approximate surface area is 115 Å². The maximum Gasteiger partial charge on any atom is 0.327 e. The zero-order valence-electron chi connectivity index (χ0n) is 12.3. The zero-order chi connectivity index (χ0) is 13.9.